The predicted molar refractivity (Wildman–Crippen MR) is 66.4 cm³/mol. The molecule has 0 aromatic heterocycles. The van der Waals surface area contributed by atoms with Crippen molar-refractivity contribution >= 4 is 6.09 Å². The molecule has 1 atom stereocenters. The maximum Gasteiger partial charge on any atom is 0.414 e. The lowest BCUT2D eigenvalue weighted by atomic mass is 9.88. The molecule has 0 bridgehead atoms. The Morgan fingerprint density at radius 3 is 2.35 bits per heavy atom. The van der Waals surface area contributed by atoms with Crippen molar-refractivity contribution in [2.45, 2.75) is 53.2 Å². The fourth-order valence-corrected chi connectivity index (χ4v) is 1.42. The molecule has 4 nitrogen and oxygen atoms in total. The molecule has 0 fully saturated rings. The van der Waals surface area contributed by atoms with Gasteiger partial charge in [-0.15, -0.1) is 0 Å². The van der Waals surface area contributed by atoms with E-state index >= 15 is 0 Å². The van der Waals surface area contributed by atoms with E-state index in [9.17, 15) is 4.79 Å². The van der Waals surface area contributed by atoms with Gasteiger partial charge in [-0.1, -0.05) is 20.8 Å². The number of ether oxygens (including phenoxy) is 2. The van der Waals surface area contributed by atoms with Gasteiger partial charge in [0.25, 0.3) is 0 Å². The van der Waals surface area contributed by atoms with Crippen LogP contribution in [0.25, 0.3) is 0 Å². The minimum Gasteiger partial charge on any atom is -0.494 e. The summed E-state index contributed by atoms with van der Waals surface area (Å²) in [6.07, 6.45) is 2.84. The van der Waals surface area contributed by atoms with Gasteiger partial charge in [-0.05, 0) is 20.8 Å². The van der Waals surface area contributed by atoms with E-state index in [0.717, 1.165) is 0 Å². The molecule has 1 aliphatic heterocycles. The van der Waals surface area contributed by atoms with Crippen LogP contribution in [0, 0.1) is 5.41 Å². The summed E-state index contributed by atoms with van der Waals surface area (Å²) in [5.74, 6) is 0. The average molecular weight is 241 g/mol. The van der Waals surface area contributed by atoms with Gasteiger partial charge in [0.05, 0.1) is 12.8 Å². The van der Waals surface area contributed by atoms with Crippen molar-refractivity contribution in [2.75, 3.05) is 6.54 Å². The second-order valence-corrected chi connectivity index (χ2v) is 6.41. The number of carbonyl (C=O) groups excluding carboxylic acids is 1. The van der Waals surface area contributed by atoms with E-state index < -0.39 is 5.60 Å². The summed E-state index contributed by atoms with van der Waals surface area (Å²) in [6.45, 7) is 12.4. The first-order valence-corrected chi connectivity index (χ1v) is 5.91. The van der Waals surface area contributed by atoms with Gasteiger partial charge >= 0.3 is 6.09 Å². The van der Waals surface area contributed by atoms with Gasteiger partial charge in [-0.3, -0.25) is 4.90 Å². The van der Waals surface area contributed by atoms with Crippen LogP contribution in [0.4, 0.5) is 4.79 Å². The quantitative estimate of drug-likeness (QED) is 0.654. The van der Waals surface area contributed by atoms with Crippen molar-refractivity contribution in [2.24, 2.45) is 5.41 Å². The van der Waals surface area contributed by atoms with Crippen molar-refractivity contribution in [1.82, 2.24) is 4.90 Å². The van der Waals surface area contributed by atoms with Crippen LogP contribution in [-0.4, -0.2) is 29.2 Å². The smallest absolute Gasteiger partial charge is 0.414 e. The molecule has 0 radical (unpaired) electrons. The van der Waals surface area contributed by atoms with E-state index in [1.807, 2.05) is 20.8 Å². The fraction of sp³-hybridized carbons (Fsp3) is 0.769. The lowest BCUT2D eigenvalue weighted by Crippen LogP contribution is -2.45. The molecule has 1 aliphatic rings. The molecule has 0 N–H and O–H groups in total. The van der Waals surface area contributed by atoms with Crippen molar-refractivity contribution in [1.29, 1.82) is 0 Å². The molecule has 4 heteroatoms. The molecule has 17 heavy (non-hydrogen) atoms. The molecular formula is C13H23NO3. The first-order chi connectivity index (χ1) is 7.59. The number of nitrogens with zero attached hydrogens (tertiary/aromatic N) is 1. The lowest BCUT2D eigenvalue weighted by Gasteiger charge is -2.36. The van der Waals surface area contributed by atoms with Crippen molar-refractivity contribution in [3.05, 3.63) is 12.5 Å². The number of amides is 1. The number of rotatable bonds is 0. The highest BCUT2D eigenvalue weighted by atomic mass is 16.6. The van der Waals surface area contributed by atoms with Crippen molar-refractivity contribution in [3.63, 3.8) is 0 Å². The van der Waals surface area contributed by atoms with Crippen LogP contribution in [0.2, 0.25) is 0 Å². The van der Waals surface area contributed by atoms with E-state index in [2.05, 4.69) is 20.8 Å². The lowest BCUT2D eigenvalue weighted by molar-refractivity contribution is -0.0121. The largest absolute Gasteiger partial charge is 0.494 e. The van der Waals surface area contributed by atoms with E-state index in [1.54, 1.807) is 17.4 Å². The van der Waals surface area contributed by atoms with Gasteiger partial charge in [0.1, 0.15) is 11.7 Å². The van der Waals surface area contributed by atoms with Crippen molar-refractivity contribution < 1.29 is 14.3 Å². The third-order valence-electron chi connectivity index (χ3n) is 2.44. The van der Waals surface area contributed by atoms with E-state index in [0.29, 0.717) is 6.54 Å². The van der Waals surface area contributed by atoms with Crippen LogP contribution in [0.15, 0.2) is 12.5 Å². The first-order valence-electron chi connectivity index (χ1n) is 5.91. The van der Waals surface area contributed by atoms with Gasteiger partial charge < -0.3 is 9.47 Å². The zero-order valence-corrected chi connectivity index (χ0v) is 11.6. The zero-order chi connectivity index (χ0) is 13.3. The van der Waals surface area contributed by atoms with E-state index in [-0.39, 0.29) is 17.6 Å². The number of hydrogen-bond acceptors (Lipinski definition) is 3. The van der Waals surface area contributed by atoms with Crippen LogP contribution in [-0.2, 0) is 9.47 Å². The molecule has 1 unspecified atom stereocenters. The minimum absolute atomic E-state index is 0.00891. The highest BCUT2D eigenvalue weighted by Crippen LogP contribution is 2.26. The van der Waals surface area contributed by atoms with Gasteiger partial charge in [-0.25, -0.2) is 4.79 Å². The normalized spacial score (nSPS) is 21.1. The molecule has 0 aromatic rings. The van der Waals surface area contributed by atoms with Gasteiger partial charge in [0.2, 0.25) is 0 Å². The molecule has 0 spiro atoms. The maximum atomic E-state index is 11.9. The molecule has 98 valence electrons. The van der Waals surface area contributed by atoms with Gasteiger partial charge in [-0.2, -0.15) is 0 Å². The Balaban J connectivity index is 2.65. The van der Waals surface area contributed by atoms with Crippen LogP contribution in [0.3, 0.4) is 0 Å². The Labute approximate surface area is 104 Å². The second kappa shape index (κ2) is 4.59. The van der Waals surface area contributed by atoms with Crippen LogP contribution >= 0.6 is 0 Å². The molecule has 1 amide bonds. The van der Waals surface area contributed by atoms with Gasteiger partial charge in [0, 0.05) is 11.6 Å². The Bertz CT molecular complexity index is 310. The molecule has 0 saturated heterocycles. The Morgan fingerprint density at radius 1 is 1.29 bits per heavy atom. The summed E-state index contributed by atoms with van der Waals surface area (Å²) in [7, 11) is 0. The monoisotopic (exact) mass is 241 g/mol. The predicted octanol–water partition coefficient (Wildman–Crippen LogP) is 3.14. The topological polar surface area (TPSA) is 38.8 Å². The summed E-state index contributed by atoms with van der Waals surface area (Å²) in [6, 6.07) is 0. The molecular weight excluding hydrogens is 218 g/mol. The van der Waals surface area contributed by atoms with Crippen LogP contribution in [0.1, 0.15) is 41.5 Å². The Kier molecular flexibility index (Phi) is 3.74. The van der Waals surface area contributed by atoms with Gasteiger partial charge in [0.15, 0.2) is 0 Å². The molecule has 1 heterocycles. The zero-order valence-electron chi connectivity index (χ0n) is 11.6. The summed E-state index contributed by atoms with van der Waals surface area (Å²) in [5.41, 5.74) is -0.481. The maximum absolute atomic E-state index is 11.9. The van der Waals surface area contributed by atoms with Crippen LogP contribution < -0.4 is 0 Å². The third-order valence-corrected chi connectivity index (χ3v) is 2.44. The molecule has 1 rings (SSSR count). The Hall–Kier alpha value is -1.19. The molecule has 0 saturated carbocycles. The highest BCUT2D eigenvalue weighted by molar-refractivity contribution is 5.69. The first kappa shape index (κ1) is 13.9. The summed E-state index contributed by atoms with van der Waals surface area (Å²) < 4.78 is 10.8. The Morgan fingerprint density at radius 2 is 1.88 bits per heavy atom. The second-order valence-electron chi connectivity index (χ2n) is 6.41. The third kappa shape index (κ3) is 4.29. The summed E-state index contributed by atoms with van der Waals surface area (Å²) >= 11 is 0. The van der Waals surface area contributed by atoms with Crippen molar-refractivity contribution in [3.8, 4) is 0 Å². The molecule has 0 aliphatic carbocycles. The van der Waals surface area contributed by atoms with Crippen LogP contribution in [0.5, 0.6) is 0 Å². The summed E-state index contributed by atoms with van der Waals surface area (Å²) in [4.78, 5) is 13.4. The number of hydrogen-bond donors (Lipinski definition) is 0. The standard InChI is InChI=1S/C13H23NO3/c1-12(2,3)10-9-14(7-8-16-10)11(15)17-13(4,5)6/h7-8,10H,9H2,1-6H3. The van der Waals surface area contributed by atoms with E-state index in [4.69, 9.17) is 9.47 Å². The fourth-order valence-electron chi connectivity index (χ4n) is 1.42. The molecule has 0 aromatic carbocycles. The SMILES string of the molecule is CC(C)(C)OC(=O)N1C=COC(C(C)(C)C)C1. The summed E-state index contributed by atoms with van der Waals surface area (Å²) in [5, 5.41) is 0. The number of carbonyl (C=O) groups is 1. The average Bonchev–Trinajstić information content (AvgIpc) is 2.14. The minimum atomic E-state index is -0.472. The van der Waals surface area contributed by atoms with E-state index in [1.165, 1.54) is 0 Å². The highest BCUT2D eigenvalue weighted by Gasteiger charge is 2.32.